The number of ether oxygens (including phenoxy) is 1. The van der Waals surface area contributed by atoms with Crippen LogP contribution in [0.4, 0.5) is 30.7 Å². The molecule has 0 heterocycles. The largest absolute Gasteiger partial charge is 0.391 e. The fourth-order valence-electron chi connectivity index (χ4n) is 4.56. The first-order valence-corrected chi connectivity index (χ1v) is 11.7. The number of hydrogen-bond acceptors (Lipinski definition) is 1. The van der Waals surface area contributed by atoms with Crippen LogP contribution in [0.3, 0.4) is 0 Å². The molecule has 0 aliphatic heterocycles. The average molecular weight is 491 g/mol. The number of hydrogen-bond donors (Lipinski definition) is 0. The van der Waals surface area contributed by atoms with Gasteiger partial charge in [-0.1, -0.05) is 44.7 Å². The highest BCUT2D eigenvalue weighted by Gasteiger charge is 2.43. The second-order valence-corrected chi connectivity index (χ2v) is 9.08. The molecule has 0 radical (unpaired) electrons. The summed E-state index contributed by atoms with van der Waals surface area (Å²) in [5.74, 6) is -5.35. The third-order valence-electron chi connectivity index (χ3n) is 6.63. The van der Waals surface area contributed by atoms with Crippen molar-refractivity contribution in [3.8, 4) is 0 Å². The topological polar surface area (TPSA) is 9.23 Å². The molecule has 3 rings (SSSR count). The summed E-state index contributed by atoms with van der Waals surface area (Å²) in [7, 11) is 0. The van der Waals surface area contributed by atoms with Gasteiger partial charge in [0.25, 0.3) is 0 Å². The van der Waals surface area contributed by atoms with Crippen LogP contribution in [-0.4, -0.2) is 6.11 Å². The fourth-order valence-corrected chi connectivity index (χ4v) is 4.56. The number of unbranched alkanes of at least 4 members (excludes halogenated alkanes) is 2. The van der Waals surface area contributed by atoms with Gasteiger partial charge in [-0.2, -0.15) is 8.78 Å². The second kappa shape index (κ2) is 11.6. The van der Waals surface area contributed by atoms with Crippen LogP contribution in [0.15, 0.2) is 30.3 Å². The van der Waals surface area contributed by atoms with Crippen LogP contribution in [-0.2, 0) is 11.3 Å². The molecule has 2 aromatic rings. The van der Waals surface area contributed by atoms with E-state index < -0.39 is 47.7 Å². The molecule has 0 N–H and O–H groups in total. The maximum Gasteiger partial charge on any atom is 0.391 e. The molecule has 2 aromatic carbocycles. The Morgan fingerprint density at radius 2 is 1.56 bits per heavy atom. The van der Waals surface area contributed by atoms with Gasteiger partial charge in [0, 0.05) is 11.1 Å². The van der Waals surface area contributed by atoms with Crippen molar-refractivity contribution >= 4 is 0 Å². The Hall–Kier alpha value is -2.09. The molecule has 1 fully saturated rings. The highest BCUT2D eigenvalue weighted by Crippen LogP contribution is 2.39. The van der Waals surface area contributed by atoms with Crippen molar-refractivity contribution in [1.29, 1.82) is 0 Å². The van der Waals surface area contributed by atoms with Crippen molar-refractivity contribution in [2.75, 3.05) is 0 Å². The Labute approximate surface area is 195 Å². The van der Waals surface area contributed by atoms with E-state index in [2.05, 4.69) is 11.7 Å². The van der Waals surface area contributed by atoms with Gasteiger partial charge in [-0.05, 0) is 61.3 Å². The van der Waals surface area contributed by atoms with Gasteiger partial charge in [0.2, 0.25) is 6.17 Å². The summed E-state index contributed by atoms with van der Waals surface area (Å²) >= 11 is 0. The molecule has 34 heavy (non-hydrogen) atoms. The molecule has 0 spiro atoms. The van der Waals surface area contributed by atoms with E-state index in [9.17, 15) is 30.7 Å². The third-order valence-corrected chi connectivity index (χ3v) is 6.63. The molecule has 1 aliphatic carbocycles. The maximum atomic E-state index is 14.6. The lowest BCUT2D eigenvalue weighted by Gasteiger charge is -2.29. The minimum atomic E-state index is -4.52. The minimum Gasteiger partial charge on any atom is -0.313 e. The van der Waals surface area contributed by atoms with Crippen molar-refractivity contribution < 1.29 is 35.5 Å². The van der Waals surface area contributed by atoms with E-state index in [-0.39, 0.29) is 23.6 Å². The number of alkyl halides is 3. The Bertz CT molecular complexity index is 931. The Kier molecular flexibility index (Phi) is 9.01. The number of benzene rings is 2. The van der Waals surface area contributed by atoms with Gasteiger partial charge in [0.05, 0.1) is 6.61 Å². The van der Waals surface area contributed by atoms with Crippen LogP contribution >= 0.6 is 0 Å². The van der Waals surface area contributed by atoms with E-state index in [1.165, 1.54) is 37.8 Å². The van der Waals surface area contributed by atoms with E-state index >= 15 is 0 Å². The number of rotatable bonds is 10. The van der Waals surface area contributed by atoms with Gasteiger partial charge in [-0.15, -0.1) is 0 Å². The van der Waals surface area contributed by atoms with Crippen molar-refractivity contribution in [1.82, 2.24) is 0 Å². The Morgan fingerprint density at radius 3 is 2.15 bits per heavy atom. The van der Waals surface area contributed by atoms with Crippen LogP contribution in [0.1, 0.15) is 87.1 Å². The Morgan fingerprint density at radius 1 is 0.912 bits per heavy atom. The van der Waals surface area contributed by atoms with E-state index in [0.29, 0.717) is 5.92 Å². The molecule has 0 aromatic heterocycles. The summed E-state index contributed by atoms with van der Waals surface area (Å²) in [4.78, 5) is 0. The van der Waals surface area contributed by atoms with Crippen LogP contribution in [0.5, 0.6) is 0 Å². The first kappa shape index (κ1) is 26.5. The highest BCUT2D eigenvalue weighted by molar-refractivity contribution is 5.27. The summed E-state index contributed by atoms with van der Waals surface area (Å²) < 4.78 is 101. The van der Waals surface area contributed by atoms with Crippen LogP contribution in [0.25, 0.3) is 0 Å². The lowest BCUT2D eigenvalue weighted by molar-refractivity contribution is -0.282. The molecular weight excluding hydrogens is 461 g/mol. The van der Waals surface area contributed by atoms with Crippen LogP contribution in [0.2, 0.25) is 0 Å². The zero-order valence-electron chi connectivity index (χ0n) is 19.0. The quantitative estimate of drug-likeness (QED) is 0.184. The van der Waals surface area contributed by atoms with E-state index in [1.807, 2.05) is 0 Å². The smallest absolute Gasteiger partial charge is 0.313 e. The predicted molar refractivity (Wildman–Crippen MR) is 115 cm³/mol. The van der Waals surface area contributed by atoms with Crippen molar-refractivity contribution in [2.45, 2.75) is 83.1 Å². The molecule has 0 amide bonds. The number of halogens is 7. The van der Waals surface area contributed by atoms with Crippen molar-refractivity contribution in [3.05, 3.63) is 70.3 Å². The lowest BCUT2D eigenvalue weighted by Crippen LogP contribution is -2.27. The lowest BCUT2D eigenvalue weighted by atomic mass is 9.77. The molecular formula is C26H29F7O. The molecule has 188 valence electrons. The molecule has 0 saturated heterocycles. The molecule has 1 saturated carbocycles. The van der Waals surface area contributed by atoms with Crippen LogP contribution in [0, 0.1) is 29.2 Å². The summed E-state index contributed by atoms with van der Waals surface area (Å²) in [5, 5.41) is 0. The maximum absolute atomic E-state index is 14.6. The molecule has 0 bridgehead atoms. The van der Waals surface area contributed by atoms with Gasteiger partial charge in [0.1, 0.15) is 5.82 Å². The summed E-state index contributed by atoms with van der Waals surface area (Å²) in [6.45, 7) is 1.22. The zero-order chi connectivity index (χ0) is 24.9. The van der Waals surface area contributed by atoms with Crippen molar-refractivity contribution in [2.24, 2.45) is 5.92 Å². The van der Waals surface area contributed by atoms with E-state index in [1.54, 1.807) is 6.07 Å². The molecule has 1 unspecified atom stereocenters. The third kappa shape index (κ3) is 6.52. The Balaban J connectivity index is 1.58. The van der Waals surface area contributed by atoms with Gasteiger partial charge in [0.15, 0.2) is 17.5 Å². The second-order valence-electron chi connectivity index (χ2n) is 9.08. The van der Waals surface area contributed by atoms with Crippen LogP contribution < -0.4 is 0 Å². The summed E-state index contributed by atoms with van der Waals surface area (Å²) in [6.07, 6.45) is 1.11. The normalized spacial score (nSPS) is 19.9. The molecule has 1 atom stereocenters. The summed E-state index contributed by atoms with van der Waals surface area (Å²) in [6, 6.07) is 4.57. The first-order valence-electron chi connectivity index (χ1n) is 11.7. The average Bonchev–Trinajstić information content (AvgIpc) is 2.81. The minimum absolute atomic E-state index is 0.133. The summed E-state index contributed by atoms with van der Waals surface area (Å²) in [5.41, 5.74) is -0.525. The van der Waals surface area contributed by atoms with Gasteiger partial charge in [-0.3, -0.25) is 0 Å². The fraction of sp³-hybridized carbons (Fsp3) is 0.538. The molecule has 8 heteroatoms. The van der Waals surface area contributed by atoms with Gasteiger partial charge in [-0.25, -0.2) is 22.0 Å². The predicted octanol–water partition coefficient (Wildman–Crippen LogP) is 8.92. The zero-order valence-corrected chi connectivity index (χ0v) is 19.0. The monoisotopic (exact) mass is 490 g/mol. The standard InChI is InChI=1S/C26H29F7O/c1-2-3-4-5-16-6-8-17(9-7-16)18-10-11-19(21(27)12-18)15-34-26(32,33)25(31)20-13-22(28)24(30)23(29)14-20/h10-14,16-17,25H,2-9,15H2,1H3. The first-order chi connectivity index (χ1) is 16.1. The van der Waals surface area contributed by atoms with E-state index in [0.717, 1.165) is 31.2 Å². The van der Waals surface area contributed by atoms with Crippen molar-refractivity contribution in [3.63, 3.8) is 0 Å². The van der Waals surface area contributed by atoms with Gasteiger partial charge < -0.3 is 4.74 Å². The molecule has 1 aliphatic rings. The van der Waals surface area contributed by atoms with E-state index in [4.69, 9.17) is 0 Å². The molecule has 1 nitrogen and oxygen atoms in total. The highest BCUT2D eigenvalue weighted by atomic mass is 19.3. The SMILES string of the molecule is CCCCCC1CCC(c2ccc(COC(F)(F)C(F)c3cc(F)c(F)c(F)c3)c(F)c2)CC1. The van der Waals surface area contributed by atoms with Gasteiger partial charge >= 0.3 is 6.11 Å².